The van der Waals surface area contributed by atoms with Crippen LogP contribution in [-0.2, 0) is 4.79 Å². The number of carboxylic acids is 1. The van der Waals surface area contributed by atoms with E-state index in [9.17, 15) is 9.90 Å². The van der Waals surface area contributed by atoms with Crippen LogP contribution in [0.3, 0.4) is 0 Å². The molecule has 2 N–H and O–H groups in total. The Balaban J connectivity index is 1.98. The molecule has 2 heterocycles. The number of anilines is 1. The summed E-state index contributed by atoms with van der Waals surface area (Å²) < 4.78 is 2.04. The van der Waals surface area contributed by atoms with Crippen molar-refractivity contribution in [3.63, 3.8) is 0 Å². The Morgan fingerprint density at radius 1 is 1.22 bits per heavy atom. The highest BCUT2D eigenvalue weighted by atomic mass is 16.4. The standard InChI is InChI=1S/C18H15N3O2/c1-11-5-4-6-12(9-11)16-10-14(17(22)23)20-18-19-13-7-2-3-8-15(13)21(16)18/h2-10,16H,1H3,(H,19,20)(H,22,23)/t16-/m1/s1. The molecule has 1 aromatic heterocycles. The van der Waals surface area contributed by atoms with Gasteiger partial charge in [0.25, 0.3) is 0 Å². The molecule has 1 aliphatic rings. The van der Waals surface area contributed by atoms with Gasteiger partial charge < -0.3 is 10.4 Å². The number of carboxylic acid groups (broad SMARTS) is 1. The minimum atomic E-state index is -0.985. The maximum atomic E-state index is 11.5. The van der Waals surface area contributed by atoms with Crippen molar-refractivity contribution in [1.82, 2.24) is 9.55 Å². The van der Waals surface area contributed by atoms with Gasteiger partial charge >= 0.3 is 5.97 Å². The average molecular weight is 305 g/mol. The van der Waals surface area contributed by atoms with Crippen LogP contribution in [0, 0.1) is 6.92 Å². The SMILES string of the molecule is Cc1cccc([C@H]2C=C(C(=O)O)Nc3nc4ccccc4n32)c1. The molecule has 23 heavy (non-hydrogen) atoms. The van der Waals surface area contributed by atoms with E-state index < -0.39 is 5.97 Å². The first-order valence-corrected chi connectivity index (χ1v) is 7.39. The Morgan fingerprint density at radius 3 is 2.83 bits per heavy atom. The number of fused-ring (bicyclic) bond motifs is 3. The number of benzene rings is 2. The molecule has 3 aromatic rings. The zero-order valence-corrected chi connectivity index (χ0v) is 12.5. The molecule has 1 aliphatic heterocycles. The number of allylic oxidation sites excluding steroid dienone is 1. The molecule has 0 saturated heterocycles. The van der Waals surface area contributed by atoms with Crippen LogP contribution < -0.4 is 5.32 Å². The maximum Gasteiger partial charge on any atom is 0.352 e. The summed E-state index contributed by atoms with van der Waals surface area (Å²) in [6.45, 7) is 2.03. The van der Waals surface area contributed by atoms with Crippen molar-refractivity contribution >= 4 is 23.0 Å². The second-order valence-electron chi connectivity index (χ2n) is 5.66. The lowest BCUT2D eigenvalue weighted by Crippen LogP contribution is -2.23. The molecule has 0 unspecified atom stereocenters. The summed E-state index contributed by atoms with van der Waals surface area (Å²) in [6.07, 6.45) is 1.73. The van der Waals surface area contributed by atoms with Crippen molar-refractivity contribution in [2.24, 2.45) is 0 Å². The smallest absolute Gasteiger partial charge is 0.352 e. The van der Waals surface area contributed by atoms with E-state index in [2.05, 4.69) is 16.4 Å². The van der Waals surface area contributed by atoms with E-state index in [1.165, 1.54) is 0 Å². The van der Waals surface area contributed by atoms with Crippen LogP contribution in [0.15, 0.2) is 60.3 Å². The van der Waals surface area contributed by atoms with Gasteiger partial charge in [-0.25, -0.2) is 9.78 Å². The van der Waals surface area contributed by atoms with Crippen molar-refractivity contribution in [1.29, 1.82) is 0 Å². The van der Waals surface area contributed by atoms with Crippen molar-refractivity contribution in [2.75, 3.05) is 5.32 Å². The Kier molecular flexibility index (Phi) is 2.94. The van der Waals surface area contributed by atoms with Crippen LogP contribution in [0.4, 0.5) is 5.95 Å². The second kappa shape index (κ2) is 4.98. The fourth-order valence-corrected chi connectivity index (χ4v) is 3.03. The highest BCUT2D eigenvalue weighted by molar-refractivity contribution is 5.92. The monoisotopic (exact) mass is 305 g/mol. The molecule has 0 radical (unpaired) electrons. The highest BCUT2D eigenvalue weighted by Crippen LogP contribution is 2.34. The van der Waals surface area contributed by atoms with Crippen molar-refractivity contribution in [3.8, 4) is 0 Å². The number of aryl methyl sites for hydroxylation is 1. The molecule has 0 spiro atoms. The van der Waals surface area contributed by atoms with Gasteiger partial charge in [-0.1, -0.05) is 42.0 Å². The van der Waals surface area contributed by atoms with Crippen LogP contribution in [0.1, 0.15) is 17.2 Å². The molecule has 1 atom stereocenters. The fourth-order valence-electron chi connectivity index (χ4n) is 3.03. The van der Waals surface area contributed by atoms with Gasteiger partial charge in [0.15, 0.2) is 0 Å². The Morgan fingerprint density at radius 2 is 2.04 bits per heavy atom. The molecular weight excluding hydrogens is 290 g/mol. The first-order valence-electron chi connectivity index (χ1n) is 7.39. The highest BCUT2D eigenvalue weighted by Gasteiger charge is 2.27. The molecule has 5 nitrogen and oxygen atoms in total. The van der Waals surface area contributed by atoms with E-state index in [0.717, 1.165) is 22.2 Å². The lowest BCUT2D eigenvalue weighted by molar-refractivity contribution is -0.132. The number of para-hydroxylation sites is 2. The molecule has 0 bridgehead atoms. The first kappa shape index (κ1) is 13.6. The van der Waals surface area contributed by atoms with E-state index in [4.69, 9.17) is 0 Å². The van der Waals surface area contributed by atoms with E-state index in [0.29, 0.717) is 5.95 Å². The summed E-state index contributed by atoms with van der Waals surface area (Å²) in [6, 6.07) is 15.7. The van der Waals surface area contributed by atoms with E-state index >= 15 is 0 Å². The third-order valence-electron chi connectivity index (χ3n) is 4.06. The summed E-state index contributed by atoms with van der Waals surface area (Å²) in [5, 5.41) is 12.3. The molecule has 5 heteroatoms. The lowest BCUT2D eigenvalue weighted by Gasteiger charge is -2.25. The van der Waals surface area contributed by atoms with E-state index in [-0.39, 0.29) is 11.7 Å². The number of nitrogens with one attached hydrogen (secondary N) is 1. The van der Waals surface area contributed by atoms with Crippen molar-refractivity contribution < 1.29 is 9.90 Å². The number of imidazole rings is 1. The molecule has 4 rings (SSSR count). The van der Waals surface area contributed by atoms with Crippen LogP contribution in [0.25, 0.3) is 11.0 Å². The van der Waals surface area contributed by atoms with Crippen LogP contribution in [0.2, 0.25) is 0 Å². The molecule has 0 amide bonds. The van der Waals surface area contributed by atoms with Gasteiger partial charge in [-0.05, 0) is 30.7 Å². The Labute approximate surface area is 132 Å². The predicted octanol–water partition coefficient (Wildman–Crippen LogP) is 3.33. The first-order chi connectivity index (χ1) is 11.1. The van der Waals surface area contributed by atoms with Gasteiger partial charge in [-0.15, -0.1) is 0 Å². The summed E-state index contributed by atoms with van der Waals surface area (Å²) in [5.41, 5.74) is 4.14. The number of aromatic nitrogens is 2. The van der Waals surface area contributed by atoms with Crippen molar-refractivity contribution in [2.45, 2.75) is 13.0 Å². The summed E-state index contributed by atoms with van der Waals surface area (Å²) in [7, 11) is 0. The quantitative estimate of drug-likeness (QED) is 0.762. The number of rotatable bonds is 2. The number of carbonyl (C=O) groups is 1. The summed E-state index contributed by atoms with van der Waals surface area (Å²) in [4.78, 5) is 16.0. The van der Waals surface area contributed by atoms with Crippen LogP contribution >= 0.6 is 0 Å². The second-order valence-corrected chi connectivity index (χ2v) is 5.66. The number of aliphatic carboxylic acids is 1. The number of nitrogens with zero attached hydrogens (tertiary/aromatic N) is 2. The molecule has 114 valence electrons. The minimum Gasteiger partial charge on any atom is -0.477 e. The van der Waals surface area contributed by atoms with Crippen LogP contribution in [0.5, 0.6) is 0 Å². The van der Waals surface area contributed by atoms with Crippen LogP contribution in [-0.4, -0.2) is 20.6 Å². The lowest BCUT2D eigenvalue weighted by atomic mass is 10.0. The van der Waals surface area contributed by atoms with Crippen molar-refractivity contribution in [3.05, 3.63) is 71.4 Å². The predicted molar refractivity (Wildman–Crippen MR) is 88.4 cm³/mol. The van der Waals surface area contributed by atoms with E-state index in [1.807, 2.05) is 54.0 Å². The normalized spacial score (nSPS) is 16.6. The molecule has 0 fully saturated rings. The Hall–Kier alpha value is -3.08. The molecule has 2 aromatic carbocycles. The van der Waals surface area contributed by atoms with Gasteiger partial charge in [-0.2, -0.15) is 0 Å². The molecular formula is C18H15N3O2. The maximum absolute atomic E-state index is 11.5. The zero-order valence-electron chi connectivity index (χ0n) is 12.5. The third-order valence-corrected chi connectivity index (χ3v) is 4.06. The Bertz CT molecular complexity index is 956. The molecule has 0 saturated carbocycles. The van der Waals surface area contributed by atoms with Gasteiger partial charge in [-0.3, -0.25) is 4.57 Å². The molecule has 0 aliphatic carbocycles. The van der Waals surface area contributed by atoms with Gasteiger partial charge in [0.05, 0.1) is 17.1 Å². The fraction of sp³-hybridized carbons (Fsp3) is 0.111. The largest absolute Gasteiger partial charge is 0.477 e. The summed E-state index contributed by atoms with van der Waals surface area (Å²) >= 11 is 0. The number of hydrogen-bond acceptors (Lipinski definition) is 3. The van der Waals surface area contributed by atoms with Gasteiger partial charge in [0, 0.05) is 0 Å². The zero-order chi connectivity index (χ0) is 16.0. The summed E-state index contributed by atoms with van der Waals surface area (Å²) in [5.74, 6) is -0.432. The van der Waals surface area contributed by atoms with Gasteiger partial charge in [0.2, 0.25) is 5.95 Å². The third kappa shape index (κ3) is 2.17. The van der Waals surface area contributed by atoms with E-state index in [1.54, 1.807) is 6.08 Å². The topological polar surface area (TPSA) is 67.2 Å². The average Bonchev–Trinajstić information content (AvgIpc) is 2.92. The number of hydrogen-bond donors (Lipinski definition) is 2. The van der Waals surface area contributed by atoms with Gasteiger partial charge in [0.1, 0.15) is 5.70 Å². The minimum absolute atomic E-state index is 0.152.